The molecule has 2 atom stereocenters. The summed E-state index contributed by atoms with van der Waals surface area (Å²) in [7, 11) is 0. The number of piperazine rings is 1. The topological polar surface area (TPSA) is 73.3 Å². The average Bonchev–Trinajstić information content (AvgIpc) is 3.40. The average molecular weight is 405 g/mol. The van der Waals surface area contributed by atoms with Crippen LogP contribution < -0.4 is 4.74 Å². The van der Waals surface area contributed by atoms with E-state index >= 15 is 0 Å². The molecule has 2 amide bonds. The highest BCUT2D eigenvalue weighted by Crippen LogP contribution is 2.27. The van der Waals surface area contributed by atoms with Crippen LogP contribution in [0.4, 0.5) is 9.18 Å². The standard InChI is InChI=1S/C21H28FN3O4/c22-15-5-7-17(8-6-15)29-18-13-19(25(14-18)21(27)28)20(26)24-11-9-23(10-12-24)16-3-1-2-4-16/h5-8,16,18-19H,1-4,9-14H2,(H,27,28)/t18-,19+/m0/s1. The second-order valence-electron chi connectivity index (χ2n) is 8.18. The van der Waals surface area contributed by atoms with Crippen molar-refractivity contribution >= 4 is 12.0 Å². The number of nitrogens with zero attached hydrogens (tertiary/aromatic N) is 3. The number of carboxylic acid groups (broad SMARTS) is 1. The van der Waals surface area contributed by atoms with Crippen LogP contribution in [0.5, 0.6) is 5.75 Å². The number of amides is 2. The molecule has 1 saturated carbocycles. The molecule has 1 aliphatic carbocycles. The van der Waals surface area contributed by atoms with Crippen molar-refractivity contribution in [2.45, 2.75) is 50.3 Å². The summed E-state index contributed by atoms with van der Waals surface area (Å²) in [6.07, 6.45) is 3.83. The van der Waals surface area contributed by atoms with E-state index in [0.29, 0.717) is 31.3 Å². The van der Waals surface area contributed by atoms with E-state index in [-0.39, 0.29) is 18.3 Å². The number of carbonyl (C=O) groups excluding carboxylic acids is 1. The summed E-state index contributed by atoms with van der Waals surface area (Å²) in [4.78, 5) is 30.2. The van der Waals surface area contributed by atoms with Gasteiger partial charge in [-0.1, -0.05) is 12.8 Å². The van der Waals surface area contributed by atoms with E-state index in [1.807, 2.05) is 0 Å². The van der Waals surface area contributed by atoms with Crippen molar-refractivity contribution in [2.75, 3.05) is 32.7 Å². The third-order valence-electron chi connectivity index (χ3n) is 6.38. The lowest BCUT2D eigenvalue weighted by atomic mass is 10.1. The molecule has 3 aliphatic rings. The molecule has 0 bridgehead atoms. The Labute approximate surface area is 170 Å². The SMILES string of the molecule is O=C([C@H]1C[C@H](Oc2ccc(F)cc2)CN1C(=O)O)N1CCN(C2CCCC2)CC1. The quantitative estimate of drug-likeness (QED) is 0.833. The molecular weight excluding hydrogens is 377 g/mol. The number of benzene rings is 1. The minimum atomic E-state index is -1.11. The first kappa shape index (κ1) is 19.9. The summed E-state index contributed by atoms with van der Waals surface area (Å²) in [5, 5.41) is 9.58. The van der Waals surface area contributed by atoms with Gasteiger partial charge in [-0.15, -0.1) is 0 Å². The molecule has 2 aliphatic heterocycles. The predicted molar refractivity (Wildman–Crippen MR) is 104 cm³/mol. The molecule has 1 aromatic rings. The van der Waals surface area contributed by atoms with Crippen LogP contribution >= 0.6 is 0 Å². The number of likely N-dealkylation sites (tertiary alicyclic amines) is 1. The number of hydrogen-bond acceptors (Lipinski definition) is 4. The number of hydrogen-bond donors (Lipinski definition) is 1. The normalized spacial score (nSPS) is 26.1. The first-order valence-electron chi connectivity index (χ1n) is 10.5. The van der Waals surface area contributed by atoms with Crippen LogP contribution in [0, 0.1) is 5.82 Å². The molecule has 7 nitrogen and oxygen atoms in total. The van der Waals surface area contributed by atoms with Gasteiger partial charge in [-0.05, 0) is 37.1 Å². The van der Waals surface area contributed by atoms with Crippen molar-refractivity contribution in [3.05, 3.63) is 30.1 Å². The van der Waals surface area contributed by atoms with Gasteiger partial charge in [0.05, 0.1) is 6.54 Å². The Morgan fingerprint density at radius 3 is 2.31 bits per heavy atom. The maximum absolute atomic E-state index is 13.1. The van der Waals surface area contributed by atoms with Crippen LogP contribution in [0.3, 0.4) is 0 Å². The lowest BCUT2D eigenvalue weighted by molar-refractivity contribution is -0.137. The Morgan fingerprint density at radius 2 is 1.69 bits per heavy atom. The van der Waals surface area contributed by atoms with Gasteiger partial charge in [0.2, 0.25) is 5.91 Å². The highest BCUT2D eigenvalue weighted by molar-refractivity contribution is 5.86. The molecular formula is C21H28FN3O4. The van der Waals surface area contributed by atoms with E-state index in [1.165, 1.54) is 54.8 Å². The maximum atomic E-state index is 13.1. The number of carbonyl (C=O) groups is 2. The molecule has 2 heterocycles. The lowest BCUT2D eigenvalue weighted by Gasteiger charge is -2.39. The van der Waals surface area contributed by atoms with Gasteiger partial charge in [-0.3, -0.25) is 14.6 Å². The van der Waals surface area contributed by atoms with Crippen LogP contribution in [0.15, 0.2) is 24.3 Å². The van der Waals surface area contributed by atoms with Crippen molar-refractivity contribution in [2.24, 2.45) is 0 Å². The van der Waals surface area contributed by atoms with Crippen LogP contribution in [0.25, 0.3) is 0 Å². The second kappa shape index (κ2) is 8.57. The molecule has 8 heteroatoms. The Balaban J connectivity index is 1.36. The van der Waals surface area contributed by atoms with E-state index in [4.69, 9.17) is 4.74 Å². The lowest BCUT2D eigenvalue weighted by Crippen LogP contribution is -2.55. The fourth-order valence-corrected chi connectivity index (χ4v) is 4.82. The van der Waals surface area contributed by atoms with Crippen molar-refractivity contribution in [1.29, 1.82) is 0 Å². The first-order valence-corrected chi connectivity index (χ1v) is 10.5. The van der Waals surface area contributed by atoms with Crippen LogP contribution in [-0.2, 0) is 4.79 Å². The van der Waals surface area contributed by atoms with E-state index in [2.05, 4.69) is 4.90 Å². The number of ether oxygens (including phenoxy) is 1. The van der Waals surface area contributed by atoms with Crippen LogP contribution in [0.2, 0.25) is 0 Å². The van der Waals surface area contributed by atoms with Gasteiger partial charge < -0.3 is 14.7 Å². The fourth-order valence-electron chi connectivity index (χ4n) is 4.82. The molecule has 0 spiro atoms. The van der Waals surface area contributed by atoms with E-state index in [1.54, 1.807) is 4.90 Å². The third kappa shape index (κ3) is 4.47. The number of halogens is 1. The van der Waals surface area contributed by atoms with Gasteiger partial charge in [-0.25, -0.2) is 9.18 Å². The molecule has 2 saturated heterocycles. The minimum absolute atomic E-state index is 0.130. The Bertz CT molecular complexity index is 730. The van der Waals surface area contributed by atoms with Crippen molar-refractivity contribution in [3.63, 3.8) is 0 Å². The molecule has 4 rings (SSSR count). The zero-order valence-corrected chi connectivity index (χ0v) is 16.5. The molecule has 0 aromatic heterocycles. The van der Waals surface area contributed by atoms with E-state index in [9.17, 15) is 19.1 Å². The molecule has 0 unspecified atom stereocenters. The highest BCUT2D eigenvalue weighted by atomic mass is 19.1. The van der Waals surface area contributed by atoms with Gasteiger partial charge in [-0.2, -0.15) is 0 Å². The zero-order valence-electron chi connectivity index (χ0n) is 16.5. The minimum Gasteiger partial charge on any atom is -0.488 e. The van der Waals surface area contributed by atoms with Crippen molar-refractivity contribution in [1.82, 2.24) is 14.7 Å². The summed E-state index contributed by atoms with van der Waals surface area (Å²) >= 11 is 0. The number of rotatable bonds is 4. The zero-order chi connectivity index (χ0) is 20.4. The summed E-state index contributed by atoms with van der Waals surface area (Å²) < 4.78 is 18.9. The highest BCUT2D eigenvalue weighted by Gasteiger charge is 2.43. The summed E-state index contributed by atoms with van der Waals surface area (Å²) in [5.41, 5.74) is 0. The van der Waals surface area contributed by atoms with Gasteiger partial charge in [0.25, 0.3) is 0 Å². The smallest absolute Gasteiger partial charge is 0.408 e. The molecule has 3 fully saturated rings. The molecule has 0 radical (unpaired) electrons. The third-order valence-corrected chi connectivity index (χ3v) is 6.38. The van der Waals surface area contributed by atoms with Gasteiger partial charge in [0.1, 0.15) is 23.7 Å². The molecule has 1 aromatic carbocycles. The summed E-state index contributed by atoms with van der Waals surface area (Å²) in [6.45, 7) is 3.12. The van der Waals surface area contributed by atoms with Crippen LogP contribution in [-0.4, -0.2) is 82.7 Å². The van der Waals surface area contributed by atoms with Gasteiger partial charge in [0, 0.05) is 38.6 Å². The summed E-state index contributed by atoms with van der Waals surface area (Å²) in [5.74, 6) is -0.0237. The Kier molecular flexibility index (Phi) is 5.89. The predicted octanol–water partition coefficient (Wildman–Crippen LogP) is 2.41. The maximum Gasteiger partial charge on any atom is 0.408 e. The molecule has 1 N–H and O–H groups in total. The fraction of sp³-hybridized carbons (Fsp3) is 0.619. The Morgan fingerprint density at radius 1 is 1.03 bits per heavy atom. The van der Waals surface area contributed by atoms with Gasteiger partial charge >= 0.3 is 6.09 Å². The van der Waals surface area contributed by atoms with Crippen molar-refractivity contribution < 1.29 is 23.8 Å². The molecule has 158 valence electrons. The van der Waals surface area contributed by atoms with E-state index < -0.39 is 18.2 Å². The second-order valence-corrected chi connectivity index (χ2v) is 8.18. The largest absolute Gasteiger partial charge is 0.488 e. The monoisotopic (exact) mass is 405 g/mol. The van der Waals surface area contributed by atoms with Gasteiger partial charge in [0.15, 0.2) is 0 Å². The first-order chi connectivity index (χ1) is 14.0. The van der Waals surface area contributed by atoms with Crippen molar-refractivity contribution in [3.8, 4) is 5.75 Å². The molecule has 29 heavy (non-hydrogen) atoms. The van der Waals surface area contributed by atoms with E-state index in [0.717, 1.165) is 13.1 Å². The summed E-state index contributed by atoms with van der Waals surface area (Å²) in [6, 6.07) is 5.53. The van der Waals surface area contributed by atoms with Crippen LogP contribution in [0.1, 0.15) is 32.1 Å². The Hall–Kier alpha value is -2.35.